The van der Waals surface area contributed by atoms with E-state index >= 15 is 0 Å². The van der Waals surface area contributed by atoms with Crippen LogP contribution in [-0.2, 0) is 6.42 Å². The normalized spacial score (nSPS) is 21.0. The zero-order valence-electron chi connectivity index (χ0n) is 11.8. The molecule has 1 aromatic heterocycles. The first kappa shape index (κ1) is 16.4. The van der Waals surface area contributed by atoms with E-state index in [2.05, 4.69) is 39.6 Å². The van der Waals surface area contributed by atoms with Gasteiger partial charge in [0.05, 0.1) is 0 Å². The van der Waals surface area contributed by atoms with Crippen molar-refractivity contribution in [1.29, 1.82) is 0 Å². The SMILES string of the molecule is CCCNC(Cc1sccc1Br)C1CCC(F)(F)CC1. The molecule has 20 heavy (non-hydrogen) atoms. The summed E-state index contributed by atoms with van der Waals surface area (Å²) in [6.07, 6.45) is 3.38. The summed E-state index contributed by atoms with van der Waals surface area (Å²) in [5.74, 6) is -2.06. The summed E-state index contributed by atoms with van der Waals surface area (Å²) in [6.45, 7) is 3.10. The molecule has 0 amide bonds. The van der Waals surface area contributed by atoms with Gasteiger partial charge in [-0.05, 0) is 65.5 Å². The fourth-order valence-electron chi connectivity index (χ4n) is 2.87. The van der Waals surface area contributed by atoms with Crippen LogP contribution in [0.3, 0.4) is 0 Å². The van der Waals surface area contributed by atoms with E-state index in [0.717, 1.165) is 23.9 Å². The molecule has 1 aliphatic rings. The third-order valence-electron chi connectivity index (χ3n) is 4.08. The van der Waals surface area contributed by atoms with Crippen LogP contribution in [0.25, 0.3) is 0 Å². The van der Waals surface area contributed by atoms with E-state index in [-0.39, 0.29) is 12.8 Å². The van der Waals surface area contributed by atoms with Crippen LogP contribution < -0.4 is 5.32 Å². The summed E-state index contributed by atoms with van der Waals surface area (Å²) in [7, 11) is 0. The minimum atomic E-state index is -2.44. The average Bonchev–Trinajstić information content (AvgIpc) is 2.80. The minimum absolute atomic E-state index is 0.0492. The Morgan fingerprint density at radius 3 is 2.70 bits per heavy atom. The lowest BCUT2D eigenvalue weighted by molar-refractivity contribution is -0.0495. The second kappa shape index (κ2) is 7.32. The number of hydrogen-bond acceptors (Lipinski definition) is 2. The third-order valence-corrected chi connectivity index (χ3v) is 6.03. The highest BCUT2D eigenvalue weighted by Gasteiger charge is 2.37. The molecule has 0 saturated heterocycles. The Hall–Kier alpha value is -0.0000000000000000555. The van der Waals surface area contributed by atoms with Crippen LogP contribution in [0.1, 0.15) is 43.9 Å². The van der Waals surface area contributed by atoms with Crippen molar-refractivity contribution in [2.75, 3.05) is 6.54 Å². The number of nitrogens with one attached hydrogen (secondary N) is 1. The van der Waals surface area contributed by atoms with Crippen molar-refractivity contribution in [3.05, 3.63) is 20.8 Å². The molecule has 0 aliphatic heterocycles. The summed E-state index contributed by atoms with van der Waals surface area (Å²) < 4.78 is 27.8. The molecule has 0 radical (unpaired) electrons. The maximum Gasteiger partial charge on any atom is 0.248 e. The van der Waals surface area contributed by atoms with Crippen LogP contribution in [0, 0.1) is 5.92 Å². The Morgan fingerprint density at radius 2 is 2.15 bits per heavy atom. The first-order chi connectivity index (χ1) is 9.52. The van der Waals surface area contributed by atoms with Gasteiger partial charge in [-0.1, -0.05) is 6.92 Å². The van der Waals surface area contributed by atoms with Gasteiger partial charge >= 0.3 is 0 Å². The van der Waals surface area contributed by atoms with Crippen molar-refractivity contribution in [1.82, 2.24) is 5.32 Å². The summed E-state index contributed by atoms with van der Waals surface area (Å²) in [5.41, 5.74) is 0. The number of rotatable bonds is 6. The molecule has 1 unspecified atom stereocenters. The second-order valence-electron chi connectivity index (χ2n) is 5.65. The zero-order chi connectivity index (χ0) is 14.6. The van der Waals surface area contributed by atoms with Crippen LogP contribution in [0.2, 0.25) is 0 Å². The predicted molar refractivity (Wildman–Crippen MR) is 84.7 cm³/mol. The van der Waals surface area contributed by atoms with Gasteiger partial charge in [-0.2, -0.15) is 0 Å². The van der Waals surface area contributed by atoms with Gasteiger partial charge in [-0.15, -0.1) is 11.3 Å². The number of alkyl halides is 2. The maximum atomic E-state index is 13.3. The Kier molecular flexibility index (Phi) is 5.99. The van der Waals surface area contributed by atoms with Crippen molar-refractivity contribution in [2.45, 2.75) is 57.4 Å². The predicted octanol–water partition coefficient (Wildman–Crippen LogP) is 5.25. The van der Waals surface area contributed by atoms with Crippen LogP contribution >= 0.6 is 27.3 Å². The largest absolute Gasteiger partial charge is 0.313 e. The van der Waals surface area contributed by atoms with Crippen molar-refractivity contribution < 1.29 is 8.78 Å². The summed E-state index contributed by atoms with van der Waals surface area (Å²) in [5, 5.41) is 5.65. The Bertz CT molecular complexity index is 412. The molecule has 0 bridgehead atoms. The van der Waals surface area contributed by atoms with Crippen LogP contribution in [0.5, 0.6) is 0 Å². The van der Waals surface area contributed by atoms with Crippen molar-refractivity contribution in [3.63, 3.8) is 0 Å². The highest BCUT2D eigenvalue weighted by molar-refractivity contribution is 9.10. The monoisotopic (exact) mass is 365 g/mol. The third kappa shape index (κ3) is 4.50. The fourth-order valence-corrected chi connectivity index (χ4v) is 4.44. The van der Waals surface area contributed by atoms with E-state index in [1.165, 1.54) is 4.88 Å². The molecule has 5 heteroatoms. The molecule has 114 valence electrons. The molecule has 2 rings (SSSR count). The first-order valence-corrected chi connectivity index (χ1v) is 9.02. The number of halogens is 3. The molecule has 0 aromatic carbocycles. The quantitative estimate of drug-likeness (QED) is 0.725. The summed E-state index contributed by atoms with van der Waals surface area (Å²) in [4.78, 5) is 1.32. The maximum absolute atomic E-state index is 13.3. The van der Waals surface area contributed by atoms with Gasteiger partial charge in [-0.3, -0.25) is 0 Å². The summed E-state index contributed by atoms with van der Waals surface area (Å²) >= 11 is 5.31. The van der Waals surface area contributed by atoms with E-state index in [4.69, 9.17) is 0 Å². The number of thiophene rings is 1. The minimum Gasteiger partial charge on any atom is -0.313 e. The Morgan fingerprint density at radius 1 is 1.45 bits per heavy atom. The van der Waals surface area contributed by atoms with Crippen LogP contribution in [0.4, 0.5) is 8.78 Å². The zero-order valence-corrected chi connectivity index (χ0v) is 14.2. The Balaban J connectivity index is 1.98. The van der Waals surface area contributed by atoms with E-state index < -0.39 is 5.92 Å². The van der Waals surface area contributed by atoms with Gasteiger partial charge in [-0.25, -0.2) is 8.78 Å². The molecule has 1 nitrogen and oxygen atoms in total. The van der Waals surface area contributed by atoms with E-state index in [1.807, 2.05) is 0 Å². The van der Waals surface area contributed by atoms with Gasteiger partial charge in [0, 0.05) is 28.2 Å². The fraction of sp³-hybridized carbons (Fsp3) is 0.733. The molecule has 1 atom stereocenters. The highest BCUT2D eigenvalue weighted by atomic mass is 79.9. The molecular formula is C15H22BrF2NS. The smallest absolute Gasteiger partial charge is 0.248 e. The topological polar surface area (TPSA) is 12.0 Å². The summed E-state index contributed by atoms with van der Waals surface area (Å²) in [6, 6.07) is 2.38. The highest BCUT2D eigenvalue weighted by Crippen LogP contribution is 2.38. The lowest BCUT2D eigenvalue weighted by atomic mass is 9.80. The second-order valence-corrected chi connectivity index (χ2v) is 7.50. The molecule has 0 spiro atoms. The van der Waals surface area contributed by atoms with Gasteiger partial charge in [0.25, 0.3) is 0 Å². The van der Waals surface area contributed by atoms with E-state index in [9.17, 15) is 8.78 Å². The number of hydrogen-bond donors (Lipinski definition) is 1. The van der Waals surface area contributed by atoms with Crippen molar-refractivity contribution in [2.24, 2.45) is 5.92 Å². The molecule has 1 N–H and O–H groups in total. The standard InChI is InChI=1S/C15H22BrF2NS/c1-2-8-19-13(10-14-12(16)5-9-20-14)11-3-6-15(17,18)7-4-11/h5,9,11,13,19H,2-4,6-8,10H2,1H3. The van der Waals surface area contributed by atoms with Gasteiger partial charge < -0.3 is 5.32 Å². The van der Waals surface area contributed by atoms with E-state index in [0.29, 0.717) is 24.8 Å². The average molecular weight is 366 g/mol. The molecule has 1 heterocycles. The van der Waals surface area contributed by atoms with Crippen LogP contribution in [0.15, 0.2) is 15.9 Å². The lowest BCUT2D eigenvalue weighted by Gasteiger charge is -2.34. The molecule has 1 aromatic rings. The molecule has 1 aliphatic carbocycles. The lowest BCUT2D eigenvalue weighted by Crippen LogP contribution is -2.41. The van der Waals surface area contributed by atoms with Crippen LogP contribution in [-0.4, -0.2) is 18.5 Å². The molecule has 1 saturated carbocycles. The molecule has 1 fully saturated rings. The Labute approximate surface area is 132 Å². The van der Waals surface area contributed by atoms with Gasteiger partial charge in [0.15, 0.2) is 0 Å². The van der Waals surface area contributed by atoms with Gasteiger partial charge in [0.1, 0.15) is 0 Å². The first-order valence-electron chi connectivity index (χ1n) is 7.35. The van der Waals surface area contributed by atoms with E-state index in [1.54, 1.807) is 11.3 Å². The van der Waals surface area contributed by atoms with Crippen molar-refractivity contribution >= 4 is 27.3 Å². The van der Waals surface area contributed by atoms with Crippen molar-refractivity contribution in [3.8, 4) is 0 Å². The van der Waals surface area contributed by atoms with Gasteiger partial charge in [0.2, 0.25) is 5.92 Å². The molecular weight excluding hydrogens is 344 g/mol.